The largest absolute Gasteiger partial charge is 0.490 e. The third kappa shape index (κ3) is 4.97. The summed E-state index contributed by atoms with van der Waals surface area (Å²) in [5, 5.41) is 4.32. The van der Waals surface area contributed by atoms with Gasteiger partial charge in [0, 0.05) is 11.5 Å². The van der Waals surface area contributed by atoms with Gasteiger partial charge in [0.25, 0.3) is 0 Å². The summed E-state index contributed by atoms with van der Waals surface area (Å²) in [6, 6.07) is 11.0. The summed E-state index contributed by atoms with van der Waals surface area (Å²) >= 11 is 0. The molecular formula is C19H19NO6. The van der Waals surface area contributed by atoms with Gasteiger partial charge in [-0.25, -0.2) is 9.59 Å². The monoisotopic (exact) mass is 357 g/mol. The zero-order valence-electron chi connectivity index (χ0n) is 14.1. The second-order valence-electron chi connectivity index (χ2n) is 5.59. The summed E-state index contributed by atoms with van der Waals surface area (Å²) in [7, 11) is 0. The molecule has 0 aliphatic carbocycles. The molecule has 26 heavy (non-hydrogen) atoms. The minimum atomic E-state index is -0.628. The molecule has 1 fully saturated rings. The van der Waals surface area contributed by atoms with E-state index in [0.29, 0.717) is 12.4 Å². The van der Waals surface area contributed by atoms with Crippen molar-refractivity contribution in [2.24, 2.45) is 0 Å². The molecule has 0 saturated carbocycles. The van der Waals surface area contributed by atoms with Gasteiger partial charge in [0.1, 0.15) is 30.8 Å². The Balaban J connectivity index is 1.55. The highest BCUT2D eigenvalue weighted by Gasteiger charge is 2.23. The molecule has 0 spiro atoms. The third-order valence-electron chi connectivity index (χ3n) is 3.63. The van der Waals surface area contributed by atoms with Crippen molar-refractivity contribution in [2.75, 3.05) is 26.4 Å². The van der Waals surface area contributed by atoms with Crippen LogP contribution in [0.5, 0.6) is 11.5 Å². The van der Waals surface area contributed by atoms with Crippen LogP contribution in [0.25, 0.3) is 10.8 Å². The molecule has 7 heteroatoms. The molecule has 2 aromatic rings. The molecule has 1 atom stereocenters. The van der Waals surface area contributed by atoms with Gasteiger partial charge in [-0.2, -0.15) is 0 Å². The summed E-state index contributed by atoms with van der Waals surface area (Å²) in [5.74, 6) is 0.625. The Hall–Kier alpha value is -3.06. The SMILES string of the molecule is C=CC(=O)OCCNC(=O)Oc1ccc2c(OCC3CO3)cccc2c1. The number of epoxide rings is 1. The zero-order chi connectivity index (χ0) is 18.4. The van der Waals surface area contributed by atoms with Crippen LogP contribution in [-0.4, -0.2) is 44.5 Å². The Bertz CT molecular complexity index is 815. The van der Waals surface area contributed by atoms with E-state index >= 15 is 0 Å². The quantitative estimate of drug-likeness (QED) is 0.338. The second-order valence-corrected chi connectivity index (χ2v) is 5.59. The number of carbonyl (C=O) groups excluding carboxylic acids is 2. The average Bonchev–Trinajstić information content (AvgIpc) is 3.47. The van der Waals surface area contributed by atoms with E-state index in [-0.39, 0.29) is 19.3 Å². The van der Waals surface area contributed by atoms with Gasteiger partial charge >= 0.3 is 12.1 Å². The van der Waals surface area contributed by atoms with Crippen LogP contribution in [0.3, 0.4) is 0 Å². The Morgan fingerprint density at radius 3 is 2.92 bits per heavy atom. The molecule has 1 amide bonds. The lowest BCUT2D eigenvalue weighted by molar-refractivity contribution is -0.137. The van der Waals surface area contributed by atoms with Crippen molar-refractivity contribution in [1.29, 1.82) is 0 Å². The summed E-state index contributed by atoms with van der Waals surface area (Å²) in [6.45, 7) is 4.74. The molecule has 0 bridgehead atoms. The van der Waals surface area contributed by atoms with E-state index in [1.807, 2.05) is 24.3 Å². The van der Waals surface area contributed by atoms with Crippen molar-refractivity contribution >= 4 is 22.8 Å². The summed E-state index contributed by atoms with van der Waals surface area (Å²) in [5.41, 5.74) is 0. The van der Waals surface area contributed by atoms with E-state index in [1.165, 1.54) is 0 Å². The van der Waals surface area contributed by atoms with Crippen LogP contribution in [0.1, 0.15) is 0 Å². The third-order valence-corrected chi connectivity index (χ3v) is 3.63. The number of hydrogen-bond donors (Lipinski definition) is 1. The van der Waals surface area contributed by atoms with Gasteiger partial charge in [-0.3, -0.25) is 0 Å². The van der Waals surface area contributed by atoms with Crippen molar-refractivity contribution in [2.45, 2.75) is 6.10 Å². The Labute approximate surface area is 150 Å². The van der Waals surface area contributed by atoms with Gasteiger partial charge in [0.05, 0.1) is 13.2 Å². The predicted molar refractivity (Wildman–Crippen MR) is 94.4 cm³/mol. The molecule has 2 aromatic carbocycles. The van der Waals surface area contributed by atoms with Crippen LogP contribution in [0.2, 0.25) is 0 Å². The number of hydrogen-bond acceptors (Lipinski definition) is 6. The van der Waals surface area contributed by atoms with Crippen molar-refractivity contribution in [3.63, 3.8) is 0 Å². The molecule has 0 radical (unpaired) electrons. The fraction of sp³-hybridized carbons (Fsp3) is 0.263. The van der Waals surface area contributed by atoms with E-state index in [0.717, 1.165) is 29.2 Å². The number of ether oxygens (including phenoxy) is 4. The van der Waals surface area contributed by atoms with Crippen molar-refractivity contribution < 1.29 is 28.5 Å². The van der Waals surface area contributed by atoms with Crippen LogP contribution in [-0.2, 0) is 14.3 Å². The predicted octanol–water partition coefficient (Wildman–Crippen LogP) is 2.44. The Morgan fingerprint density at radius 1 is 1.31 bits per heavy atom. The van der Waals surface area contributed by atoms with Gasteiger partial charge in [0.2, 0.25) is 0 Å². The van der Waals surface area contributed by atoms with E-state index < -0.39 is 12.1 Å². The molecule has 1 N–H and O–H groups in total. The van der Waals surface area contributed by atoms with Crippen LogP contribution >= 0.6 is 0 Å². The fourth-order valence-electron chi connectivity index (χ4n) is 2.28. The maximum Gasteiger partial charge on any atom is 0.412 e. The minimum absolute atomic E-state index is 0.0447. The van der Waals surface area contributed by atoms with E-state index in [2.05, 4.69) is 11.9 Å². The van der Waals surface area contributed by atoms with Crippen molar-refractivity contribution in [1.82, 2.24) is 5.32 Å². The number of benzene rings is 2. The molecule has 1 saturated heterocycles. The Kier molecular flexibility index (Phi) is 5.70. The smallest absolute Gasteiger partial charge is 0.412 e. The lowest BCUT2D eigenvalue weighted by Crippen LogP contribution is -2.30. The topological polar surface area (TPSA) is 86.4 Å². The molecule has 1 aliphatic rings. The summed E-state index contributed by atoms with van der Waals surface area (Å²) in [4.78, 5) is 22.7. The Morgan fingerprint density at radius 2 is 2.15 bits per heavy atom. The maximum absolute atomic E-state index is 11.8. The van der Waals surface area contributed by atoms with Crippen molar-refractivity contribution in [3.05, 3.63) is 49.1 Å². The molecule has 7 nitrogen and oxygen atoms in total. The van der Waals surface area contributed by atoms with E-state index in [4.69, 9.17) is 18.9 Å². The summed E-state index contributed by atoms with van der Waals surface area (Å²) < 4.78 is 20.9. The summed E-state index contributed by atoms with van der Waals surface area (Å²) in [6.07, 6.45) is 0.614. The number of rotatable bonds is 8. The van der Waals surface area contributed by atoms with E-state index in [9.17, 15) is 9.59 Å². The van der Waals surface area contributed by atoms with Crippen LogP contribution in [0, 0.1) is 0 Å². The highest BCUT2D eigenvalue weighted by molar-refractivity contribution is 5.90. The minimum Gasteiger partial charge on any atom is -0.490 e. The second kappa shape index (κ2) is 8.35. The van der Waals surface area contributed by atoms with Crippen LogP contribution < -0.4 is 14.8 Å². The maximum atomic E-state index is 11.8. The highest BCUT2D eigenvalue weighted by atomic mass is 16.6. The zero-order valence-corrected chi connectivity index (χ0v) is 14.1. The molecule has 1 heterocycles. The van der Waals surface area contributed by atoms with Crippen LogP contribution in [0.4, 0.5) is 4.79 Å². The van der Waals surface area contributed by atoms with Crippen LogP contribution in [0.15, 0.2) is 49.1 Å². The van der Waals surface area contributed by atoms with Gasteiger partial charge in [0.15, 0.2) is 0 Å². The van der Waals surface area contributed by atoms with Gasteiger partial charge < -0.3 is 24.3 Å². The number of amides is 1. The standard InChI is InChI=1S/C19H19NO6/c1-2-18(21)23-9-8-20-19(22)26-14-6-7-16-13(10-14)4-3-5-17(16)25-12-15-11-24-15/h2-7,10,15H,1,8-9,11-12H2,(H,20,22). The number of fused-ring (bicyclic) bond motifs is 1. The van der Waals surface area contributed by atoms with E-state index in [1.54, 1.807) is 12.1 Å². The average molecular weight is 357 g/mol. The molecule has 136 valence electrons. The first-order valence-corrected chi connectivity index (χ1v) is 8.18. The highest BCUT2D eigenvalue weighted by Crippen LogP contribution is 2.29. The molecular weight excluding hydrogens is 338 g/mol. The fourth-order valence-corrected chi connectivity index (χ4v) is 2.28. The van der Waals surface area contributed by atoms with Gasteiger partial charge in [-0.15, -0.1) is 0 Å². The number of esters is 1. The molecule has 1 unspecified atom stereocenters. The molecule has 1 aliphatic heterocycles. The lowest BCUT2D eigenvalue weighted by Gasteiger charge is -2.10. The first-order chi connectivity index (χ1) is 12.7. The first-order valence-electron chi connectivity index (χ1n) is 8.18. The number of carbonyl (C=O) groups is 2. The lowest BCUT2D eigenvalue weighted by atomic mass is 10.1. The molecule has 0 aromatic heterocycles. The molecule has 3 rings (SSSR count). The normalized spacial score (nSPS) is 15.2. The number of nitrogens with one attached hydrogen (secondary N) is 1. The van der Waals surface area contributed by atoms with Gasteiger partial charge in [-0.1, -0.05) is 18.7 Å². The first kappa shape index (κ1) is 17.8. The van der Waals surface area contributed by atoms with Crippen molar-refractivity contribution in [3.8, 4) is 11.5 Å². The van der Waals surface area contributed by atoms with Gasteiger partial charge in [-0.05, 0) is 29.7 Å².